The van der Waals surface area contributed by atoms with Crippen LogP contribution in [0.25, 0.3) is 0 Å². The maximum Gasteiger partial charge on any atom is 0.320 e. The Morgan fingerprint density at radius 1 is 1.73 bits per heavy atom. The van der Waals surface area contributed by atoms with Gasteiger partial charge in [0, 0.05) is 0 Å². The Hall–Kier alpha value is -1.13. The van der Waals surface area contributed by atoms with Gasteiger partial charge in [-0.1, -0.05) is 25.2 Å². The van der Waals surface area contributed by atoms with Crippen LogP contribution in [-0.2, 0) is 4.79 Å². The normalized spacial score (nSPS) is 27.3. The van der Waals surface area contributed by atoms with Crippen molar-refractivity contribution in [3.63, 3.8) is 0 Å². The van der Waals surface area contributed by atoms with Crippen molar-refractivity contribution in [3.8, 4) is 0 Å². The molecule has 2 atom stereocenters. The van der Waals surface area contributed by atoms with Crippen molar-refractivity contribution in [1.29, 1.82) is 0 Å². The third-order valence-corrected chi connectivity index (χ3v) is 2.71. The van der Waals surface area contributed by atoms with Crippen LogP contribution in [0, 0.1) is 0 Å². The first-order chi connectivity index (χ1) is 6.97. The van der Waals surface area contributed by atoms with Crippen LogP contribution in [0.5, 0.6) is 0 Å². The number of allylic oxidation sites excluding steroid dienone is 1. The van der Waals surface area contributed by atoms with E-state index >= 15 is 0 Å². The highest BCUT2D eigenvalue weighted by atomic mass is 16.4. The monoisotopic (exact) mass is 211 g/mol. The molecule has 0 aromatic carbocycles. The Kier molecular flexibility index (Phi) is 3.66. The first kappa shape index (κ1) is 11.9. The minimum Gasteiger partial charge on any atom is -0.480 e. The van der Waals surface area contributed by atoms with Gasteiger partial charge in [-0.25, -0.2) is 0 Å². The average Bonchev–Trinajstić information content (AvgIpc) is 2.21. The van der Waals surface area contributed by atoms with Gasteiger partial charge in [-0.15, -0.1) is 0 Å². The van der Waals surface area contributed by atoms with Crippen LogP contribution >= 0.6 is 0 Å². The molecule has 0 aromatic rings. The Morgan fingerprint density at radius 3 is 2.80 bits per heavy atom. The van der Waals surface area contributed by atoms with Gasteiger partial charge < -0.3 is 15.9 Å². The van der Waals surface area contributed by atoms with Crippen LogP contribution in [0.3, 0.4) is 0 Å². The van der Waals surface area contributed by atoms with Gasteiger partial charge >= 0.3 is 5.97 Å². The fourth-order valence-corrected chi connectivity index (χ4v) is 1.46. The summed E-state index contributed by atoms with van der Waals surface area (Å²) in [4.78, 5) is 10.5. The summed E-state index contributed by atoms with van der Waals surface area (Å²) in [6, 6.07) is -0.867. The van der Waals surface area contributed by atoms with Crippen LogP contribution in [-0.4, -0.2) is 27.8 Å². The zero-order valence-corrected chi connectivity index (χ0v) is 8.81. The molecule has 4 N–H and O–H groups in total. The van der Waals surface area contributed by atoms with Gasteiger partial charge in [-0.3, -0.25) is 4.79 Å². The van der Waals surface area contributed by atoms with Crippen molar-refractivity contribution < 1.29 is 15.0 Å². The molecule has 1 unspecified atom stereocenters. The first-order valence-corrected chi connectivity index (χ1v) is 5.06. The Balaban J connectivity index is 2.56. The summed E-state index contributed by atoms with van der Waals surface area (Å²) in [7, 11) is 0. The molecular formula is C11H17NO3. The lowest BCUT2D eigenvalue weighted by Gasteiger charge is -2.25. The minimum atomic E-state index is -0.999. The molecule has 0 amide bonds. The zero-order valence-electron chi connectivity index (χ0n) is 8.81. The van der Waals surface area contributed by atoms with Crippen molar-refractivity contribution in [2.45, 2.75) is 37.8 Å². The first-order valence-electron chi connectivity index (χ1n) is 5.06. The van der Waals surface area contributed by atoms with E-state index in [1.807, 2.05) is 13.0 Å². The van der Waals surface area contributed by atoms with Crippen LogP contribution in [0.2, 0.25) is 0 Å². The van der Waals surface area contributed by atoms with Crippen molar-refractivity contribution >= 4 is 5.97 Å². The number of aliphatic carboxylic acids is 1. The molecule has 1 aliphatic rings. The van der Waals surface area contributed by atoms with E-state index in [0.29, 0.717) is 19.3 Å². The molecule has 0 bridgehead atoms. The fraction of sp³-hybridized carbons (Fsp3) is 0.545. The number of rotatable bonds is 4. The summed E-state index contributed by atoms with van der Waals surface area (Å²) < 4.78 is 0. The SMILES string of the molecule is CCC1(O)C=CC(C[C@H](N)C(=O)O)=CC1. The quantitative estimate of drug-likeness (QED) is 0.642. The van der Waals surface area contributed by atoms with E-state index in [2.05, 4.69) is 0 Å². The molecule has 1 rings (SSSR count). The smallest absolute Gasteiger partial charge is 0.320 e. The highest BCUT2D eigenvalue weighted by Crippen LogP contribution is 2.25. The van der Waals surface area contributed by atoms with Gasteiger partial charge in [0.2, 0.25) is 0 Å². The summed E-state index contributed by atoms with van der Waals surface area (Å²) in [5, 5.41) is 18.5. The summed E-state index contributed by atoms with van der Waals surface area (Å²) >= 11 is 0. The van der Waals surface area contributed by atoms with E-state index in [4.69, 9.17) is 10.8 Å². The molecule has 0 aliphatic heterocycles. The number of carboxylic acids is 1. The Morgan fingerprint density at radius 2 is 2.40 bits per heavy atom. The molecule has 0 heterocycles. The number of carbonyl (C=O) groups is 1. The lowest BCUT2D eigenvalue weighted by molar-refractivity contribution is -0.138. The molecule has 0 radical (unpaired) electrons. The topological polar surface area (TPSA) is 83.5 Å². The predicted octanol–water partition coefficient (Wildman–Crippen LogP) is 0.816. The standard InChI is InChI=1S/C11H17NO3/c1-2-11(15)5-3-8(4-6-11)7-9(12)10(13)14/h3-5,9,15H,2,6-7,12H2,1H3,(H,13,14)/t9-,11?/m0/s1. The van der Waals surface area contributed by atoms with E-state index in [1.165, 1.54) is 0 Å². The lowest BCUT2D eigenvalue weighted by Crippen LogP contribution is -2.31. The Labute approximate surface area is 89.1 Å². The van der Waals surface area contributed by atoms with Crippen LogP contribution in [0.1, 0.15) is 26.2 Å². The molecule has 15 heavy (non-hydrogen) atoms. The number of carboxylic acid groups (broad SMARTS) is 1. The molecule has 1 aliphatic carbocycles. The van der Waals surface area contributed by atoms with Gasteiger partial charge in [-0.05, 0) is 24.8 Å². The highest BCUT2D eigenvalue weighted by molar-refractivity contribution is 5.73. The van der Waals surface area contributed by atoms with Gasteiger partial charge in [0.1, 0.15) is 6.04 Å². The highest BCUT2D eigenvalue weighted by Gasteiger charge is 2.23. The average molecular weight is 211 g/mol. The maximum atomic E-state index is 10.5. The summed E-state index contributed by atoms with van der Waals surface area (Å²) in [5.41, 5.74) is 5.52. The number of aliphatic hydroxyl groups is 1. The van der Waals surface area contributed by atoms with E-state index < -0.39 is 17.6 Å². The van der Waals surface area contributed by atoms with E-state index in [0.717, 1.165) is 5.57 Å². The largest absolute Gasteiger partial charge is 0.480 e. The summed E-state index contributed by atoms with van der Waals surface area (Å²) in [5.74, 6) is -0.999. The molecule has 0 saturated carbocycles. The lowest BCUT2D eigenvalue weighted by atomic mass is 9.88. The van der Waals surface area contributed by atoms with Crippen molar-refractivity contribution in [2.24, 2.45) is 5.73 Å². The summed E-state index contributed by atoms with van der Waals surface area (Å²) in [6.45, 7) is 1.91. The predicted molar refractivity (Wildman–Crippen MR) is 57.3 cm³/mol. The van der Waals surface area contributed by atoms with Crippen molar-refractivity contribution in [1.82, 2.24) is 0 Å². The van der Waals surface area contributed by atoms with Crippen LogP contribution in [0.4, 0.5) is 0 Å². The van der Waals surface area contributed by atoms with Gasteiger partial charge in [0.25, 0.3) is 0 Å². The van der Waals surface area contributed by atoms with Gasteiger partial charge in [0.05, 0.1) is 5.60 Å². The van der Waals surface area contributed by atoms with E-state index in [9.17, 15) is 9.90 Å². The molecule has 84 valence electrons. The van der Waals surface area contributed by atoms with Crippen molar-refractivity contribution in [2.75, 3.05) is 0 Å². The molecule has 4 heteroatoms. The van der Waals surface area contributed by atoms with E-state index in [1.54, 1.807) is 12.2 Å². The fourth-order valence-electron chi connectivity index (χ4n) is 1.46. The molecular weight excluding hydrogens is 194 g/mol. The zero-order chi connectivity index (χ0) is 11.5. The Bertz CT molecular complexity index is 309. The summed E-state index contributed by atoms with van der Waals surface area (Å²) in [6.07, 6.45) is 6.82. The number of hydrogen-bond donors (Lipinski definition) is 3. The number of nitrogens with two attached hydrogens (primary N) is 1. The maximum absolute atomic E-state index is 10.5. The third kappa shape index (κ3) is 3.18. The minimum absolute atomic E-state index is 0.311. The molecule has 4 nitrogen and oxygen atoms in total. The second-order valence-corrected chi connectivity index (χ2v) is 3.92. The molecule has 0 fully saturated rings. The van der Waals surface area contributed by atoms with Gasteiger partial charge in [-0.2, -0.15) is 0 Å². The van der Waals surface area contributed by atoms with Crippen molar-refractivity contribution in [3.05, 3.63) is 23.8 Å². The third-order valence-electron chi connectivity index (χ3n) is 2.71. The molecule has 0 aromatic heterocycles. The van der Waals surface area contributed by atoms with Crippen LogP contribution < -0.4 is 5.73 Å². The second-order valence-electron chi connectivity index (χ2n) is 3.92. The van der Waals surface area contributed by atoms with E-state index in [-0.39, 0.29) is 0 Å². The van der Waals surface area contributed by atoms with Gasteiger partial charge in [0.15, 0.2) is 0 Å². The molecule has 0 spiro atoms. The van der Waals surface area contributed by atoms with Crippen LogP contribution in [0.15, 0.2) is 23.8 Å². The number of hydrogen-bond acceptors (Lipinski definition) is 3. The second kappa shape index (κ2) is 4.59. The molecule has 0 saturated heterocycles.